The Morgan fingerprint density at radius 3 is 2.38 bits per heavy atom. The fourth-order valence-electron chi connectivity index (χ4n) is 5.16. The first kappa shape index (κ1) is 31.5. The highest BCUT2D eigenvalue weighted by atomic mass is 19.1. The van der Waals surface area contributed by atoms with Crippen LogP contribution in [0.5, 0.6) is 0 Å². The van der Waals surface area contributed by atoms with Crippen LogP contribution in [0.1, 0.15) is 27.0 Å². The lowest BCUT2D eigenvalue weighted by Crippen LogP contribution is -2.79. The molecule has 2 amide bonds. The third-order valence-corrected chi connectivity index (χ3v) is 7.89. The molecule has 1 atom stereocenters. The molecule has 1 unspecified atom stereocenters. The average Bonchev–Trinajstić information content (AvgIpc) is 3.32. The molecule has 4 rings (SSSR count). The summed E-state index contributed by atoms with van der Waals surface area (Å²) < 4.78 is 20.3. The second-order valence-corrected chi connectivity index (χ2v) is 10.3. The number of anilines is 1. The third-order valence-electron chi connectivity index (χ3n) is 7.89. The molecule has 2 aliphatic rings. The Morgan fingerprint density at radius 2 is 1.79 bits per heavy atom. The van der Waals surface area contributed by atoms with E-state index in [0.717, 1.165) is 21.0 Å². The number of likely N-dealkylation sites (N-methyl/N-ethyl adjacent to an activating group) is 1. The molecule has 8 N–H and O–H groups in total. The number of morpholine rings is 1. The van der Waals surface area contributed by atoms with Crippen LogP contribution in [0.25, 0.3) is 0 Å². The Morgan fingerprint density at radius 1 is 1.12 bits per heavy atom. The number of carbonyl (C=O) groups is 3. The number of nitrogens with one attached hydrogen (secondary N) is 2. The second-order valence-electron chi connectivity index (χ2n) is 10.3. The molecule has 42 heavy (non-hydrogen) atoms. The lowest BCUT2D eigenvalue weighted by molar-refractivity contribution is -0.352. The number of aldehydes is 1. The molecule has 0 radical (unpaired) electrons. The number of ether oxygens (including phenoxy) is 1. The molecule has 0 aromatic heterocycles. The molecule has 2 aromatic carbocycles. The topological polar surface area (TPSA) is 212 Å². The van der Waals surface area contributed by atoms with Gasteiger partial charge in [-0.15, -0.1) is 0 Å². The van der Waals surface area contributed by atoms with Crippen molar-refractivity contribution in [3.63, 3.8) is 0 Å². The summed E-state index contributed by atoms with van der Waals surface area (Å²) in [6.07, 6.45) is -0.576. The Bertz CT molecular complexity index is 1380. The van der Waals surface area contributed by atoms with Crippen molar-refractivity contribution in [1.29, 1.82) is 0 Å². The SMILES string of the molecule is BC(C(=O)NC)(N1Cc2c(NCc3ccc(C(O)(O)N4CCOCC4)cc3F)cccc2C1=O)C(O)(O)C(O)(O)C=O. The highest BCUT2D eigenvalue weighted by Gasteiger charge is 2.67. The van der Waals surface area contributed by atoms with Crippen molar-refractivity contribution in [3.05, 3.63) is 64.5 Å². The molecule has 16 heteroatoms. The van der Waals surface area contributed by atoms with E-state index in [-0.39, 0.29) is 41.9 Å². The van der Waals surface area contributed by atoms with Gasteiger partial charge in [-0.3, -0.25) is 14.4 Å². The van der Waals surface area contributed by atoms with E-state index in [1.165, 1.54) is 29.2 Å². The number of amides is 2. The van der Waals surface area contributed by atoms with Crippen molar-refractivity contribution in [2.24, 2.45) is 0 Å². The van der Waals surface area contributed by atoms with Gasteiger partial charge in [-0.2, -0.15) is 0 Å². The number of nitrogens with zero attached hydrogens (tertiary/aromatic N) is 2. The summed E-state index contributed by atoms with van der Waals surface area (Å²) in [7, 11) is 1.98. The van der Waals surface area contributed by atoms with Crippen LogP contribution in [-0.2, 0) is 33.3 Å². The summed E-state index contributed by atoms with van der Waals surface area (Å²) in [4.78, 5) is 39.6. The summed E-state index contributed by atoms with van der Waals surface area (Å²) in [6, 6.07) is 8.20. The first-order chi connectivity index (χ1) is 19.6. The summed E-state index contributed by atoms with van der Waals surface area (Å²) in [5, 5.41) is 67.8. The maximum atomic E-state index is 15.1. The number of fused-ring (bicyclic) bond motifs is 1. The van der Waals surface area contributed by atoms with Gasteiger partial charge >= 0.3 is 0 Å². The van der Waals surface area contributed by atoms with E-state index in [4.69, 9.17) is 4.74 Å². The van der Waals surface area contributed by atoms with Crippen LogP contribution in [0.3, 0.4) is 0 Å². The zero-order valence-corrected chi connectivity index (χ0v) is 22.9. The molecule has 1 fully saturated rings. The Hall–Kier alpha value is -3.48. The minimum atomic E-state index is -3.85. The molecule has 2 aromatic rings. The minimum Gasteiger partial charge on any atom is -0.381 e. The van der Waals surface area contributed by atoms with Crippen LogP contribution in [0.2, 0.25) is 0 Å². The molecule has 2 aliphatic heterocycles. The molecular weight excluding hydrogens is 558 g/mol. The van der Waals surface area contributed by atoms with E-state index >= 15 is 4.39 Å². The normalized spacial score (nSPS) is 17.9. The molecule has 0 saturated carbocycles. The van der Waals surface area contributed by atoms with Gasteiger partial charge < -0.3 is 50.9 Å². The van der Waals surface area contributed by atoms with Crippen LogP contribution in [0, 0.1) is 5.82 Å². The summed E-state index contributed by atoms with van der Waals surface area (Å²) in [5.41, 5.74) is -2.08. The number of carbonyl (C=O) groups excluding carboxylic acids is 3. The van der Waals surface area contributed by atoms with Gasteiger partial charge in [-0.1, -0.05) is 18.2 Å². The molecule has 14 nitrogen and oxygen atoms in total. The number of rotatable bonds is 10. The van der Waals surface area contributed by atoms with Crippen molar-refractivity contribution >= 4 is 31.6 Å². The van der Waals surface area contributed by atoms with Crippen molar-refractivity contribution in [3.8, 4) is 0 Å². The first-order valence-corrected chi connectivity index (χ1v) is 13.0. The van der Waals surface area contributed by atoms with Gasteiger partial charge in [0.15, 0.2) is 14.1 Å². The van der Waals surface area contributed by atoms with Gasteiger partial charge in [0.1, 0.15) is 11.3 Å². The first-order valence-electron chi connectivity index (χ1n) is 13.0. The lowest BCUT2D eigenvalue weighted by Gasteiger charge is -2.48. The molecule has 0 spiro atoms. The fraction of sp³-hybridized carbons (Fsp3) is 0.423. The predicted molar refractivity (Wildman–Crippen MR) is 144 cm³/mol. The van der Waals surface area contributed by atoms with E-state index < -0.39 is 53.4 Å². The molecule has 0 bridgehead atoms. The van der Waals surface area contributed by atoms with E-state index in [1.807, 2.05) is 0 Å². The van der Waals surface area contributed by atoms with E-state index in [0.29, 0.717) is 23.8 Å². The van der Waals surface area contributed by atoms with Gasteiger partial charge in [-0.05, 0) is 18.2 Å². The van der Waals surface area contributed by atoms with Gasteiger partial charge in [-0.25, -0.2) is 9.29 Å². The third kappa shape index (κ3) is 5.05. The Kier molecular flexibility index (Phi) is 8.47. The quantitative estimate of drug-likeness (QED) is 0.0768. The average molecular weight is 590 g/mol. The van der Waals surface area contributed by atoms with Gasteiger partial charge in [0, 0.05) is 61.2 Å². The standard InChI is InChI=1S/C26H32BFN4O10/c1-29-22(35)24(27,26(40,41)23(36,37)14-33)32-13-18-17(21(32)34)3-2-4-20(18)30-12-15-5-6-16(11-19(15)28)25(38,39)31-7-9-42-10-8-31/h2-6,11,14,30,36-41H,7-10,12-13,27H2,1H3,(H,29,35). The van der Waals surface area contributed by atoms with E-state index in [9.17, 15) is 45.0 Å². The van der Waals surface area contributed by atoms with Gasteiger partial charge in [0.25, 0.3) is 23.4 Å². The van der Waals surface area contributed by atoms with Gasteiger partial charge in [0.2, 0.25) is 5.91 Å². The smallest absolute Gasteiger partial charge is 0.278 e. The number of aliphatic hydroxyl groups is 6. The minimum absolute atomic E-state index is 0.0326. The van der Waals surface area contributed by atoms with E-state index in [2.05, 4.69) is 10.6 Å². The summed E-state index contributed by atoms with van der Waals surface area (Å²) in [5.74, 6) is -12.9. The number of benzene rings is 2. The van der Waals surface area contributed by atoms with Crippen LogP contribution < -0.4 is 10.6 Å². The van der Waals surface area contributed by atoms with Crippen molar-refractivity contribution < 1.29 is 54.2 Å². The van der Waals surface area contributed by atoms with Crippen molar-refractivity contribution in [1.82, 2.24) is 15.1 Å². The maximum absolute atomic E-state index is 15.1. The Labute approximate surface area is 240 Å². The number of halogens is 1. The molecular formula is C26H32BFN4O10. The zero-order chi connectivity index (χ0) is 31.1. The highest BCUT2D eigenvalue weighted by molar-refractivity contribution is 6.31. The van der Waals surface area contributed by atoms with Crippen LogP contribution in [-0.4, -0.2) is 117 Å². The van der Waals surface area contributed by atoms with Crippen LogP contribution in [0.15, 0.2) is 36.4 Å². The summed E-state index contributed by atoms with van der Waals surface area (Å²) >= 11 is 0. The monoisotopic (exact) mass is 590 g/mol. The van der Waals surface area contributed by atoms with Crippen LogP contribution in [0.4, 0.5) is 10.1 Å². The van der Waals surface area contributed by atoms with Crippen LogP contribution >= 0.6 is 0 Å². The fourth-order valence-corrected chi connectivity index (χ4v) is 5.16. The largest absolute Gasteiger partial charge is 0.381 e. The number of hydrogen-bond acceptors (Lipinski definition) is 12. The second kappa shape index (κ2) is 11.3. The lowest BCUT2D eigenvalue weighted by atomic mass is 9.65. The molecule has 0 aliphatic carbocycles. The molecule has 2 heterocycles. The van der Waals surface area contributed by atoms with Crippen molar-refractivity contribution in [2.45, 2.75) is 36.0 Å². The highest BCUT2D eigenvalue weighted by Crippen LogP contribution is 2.39. The van der Waals surface area contributed by atoms with E-state index in [1.54, 1.807) is 6.07 Å². The molecule has 1 saturated heterocycles. The zero-order valence-electron chi connectivity index (χ0n) is 22.9. The predicted octanol–water partition coefficient (Wildman–Crippen LogP) is -3.54. The van der Waals surface area contributed by atoms with Crippen molar-refractivity contribution in [2.75, 3.05) is 38.7 Å². The summed E-state index contributed by atoms with van der Waals surface area (Å²) in [6.45, 7) is 0.533. The number of hydrogen-bond donors (Lipinski definition) is 8. The Balaban J connectivity index is 1.59. The maximum Gasteiger partial charge on any atom is 0.278 e. The molecule has 226 valence electrons. The van der Waals surface area contributed by atoms with Gasteiger partial charge in [0.05, 0.1) is 13.2 Å².